The third kappa shape index (κ3) is 4.52. The van der Waals surface area contributed by atoms with Crippen molar-refractivity contribution >= 4 is 21.6 Å². The van der Waals surface area contributed by atoms with Gasteiger partial charge in [-0.05, 0) is 101 Å². The standard InChI is InChI=1S/C22H33N3O3S/c1-14(2)25-29(27,28)20-6-4-19(5-7-20)23-21(26)15(3)24-22-11-16-8-17(12-22)10-18(9-16)13-22/h4-7,14-18,24-25H,8-13H2,1-3H3,(H,23,26)/t15-,16?,17?,18?,22?/m1/s1. The quantitative estimate of drug-likeness (QED) is 0.633. The molecule has 6 nitrogen and oxygen atoms in total. The van der Waals surface area contributed by atoms with Crippen molar-refractivity contribution in [2.24, 2.45) is 17.8 Å². The van der Waals surface area contributed by atoms with E-state index in [0.717, 1.165) is 17.8 Å². The molecule has 0 radical (unpaired) electrons. The van der Waals surface area contributed by atoms with Crippen molar-refractivity contribution in [1.29, 1.82) is 0 Å². The zero-order valence-corrected chi connectivity index (χ0v) is 18.4. The number of sulfonamides is 1. The minimum Gasteiger partial charge on any atom is -0.325 e. The van der Waals surface area contributed by atoms with Crippen molar-refractivity contribution in [2.45, 2.75) is 81.8 Å². The Balaban J connectivity index is 1.37. The number of hydrogen-bond donors (Lipinski definition) is 3. The highest BCUT2D eigenvalue weighted by atomic mass is 32.2. The number of nitrogens with one attached hydrogen (secondary N) is 3. The Kier molecular flexibility index (Phi) is 5.51. The molecular formula is C22H33N3O3S. The first-order valence-corrected chi connectivity index (χ1v) is 12.3. The van der Waals surface area contributed by atoms with Gasteiger partial charge in [0.1, 0.15) is 0 Å². The van der Waals surface area contributed by atoms with Gasteiger partial charge in [0.15, 0.2) is 0 Å². The maximum atomic E-state index is 12.8. The third-order valence-electron chi connectivity index (χ3n) is 6.78. The van der Waals surface area contributed by atoms with E-state index in [1.807, 2.05) is 6.92 Å². The lowest BCUT2D eigenvalue weighted by atomic mass is 9.53. The first-order chi connectivity index (χ1) is 13.6. The second kappa shape index (κ2) is 7.67. The Hall–Kier alpha value is -1.44. The van der Waals surface area contributed by atoms with Gasteiger partial charge in [0.25, 0.3) is 0 Å². The number of carbonyl (C=O) groups excluding carboxylic acids is 1. The molecule has 1 amide bonds. The van der Waals surface area contributed by atoms with Gasteiger partial charge in [0, 0.05) is 17.3 Å². The van der Waals surface area contributed by atoms with Gasteiger partial charge in [0.2, 0.25) is 15.9 Å². The van der Waals surface area contributed by atoms with E-state index in [1.165, 1.54) is 50.7 Å². The summed E-state index contributed by atoms with van der Waals surface area (Å²) in [5.74, 6) is 2.42. The maximum Gasteiger partial charge on any atom is 0.241 e. The largest absolute Gasteiger partial charge is 0.325 e. The lowest BCUT2D eigenvalue weighted by Gasteiger charge is -2.57. The second-order valence-corrected chi connectivity index (χ2v) is 11.6. The van der Waals surface area contributed by atoms with Crippen LogP contribution in [0.15, 0.2) is 29.2 Å². The molecule has 1 aromatic carbocycles. The van der Waals surface area contributed by atoms with Crippen LogP contribution in [-0.4, -0.2) is 31.9 Å². The molecule has 0 heterocycles. The Morgan fingerprint density at radius 2 is 1.48 bits per heavy atom. The van der Waals surface area contributed by atoms with Crippen LogP contribution in [0.5, 0.6) is 0 Å². The van der Waals surface area contributed by atoms with E-state index in [0.29, 0.717) is 5.69 Å². The Labute approximate surface area is 174 Å². The molecule has 4 aliphatic carbocycles. The molecule has 29 heavy (non-hydrogen) atoms. The smallest absolute Gasteiger partial charge is 0.241 e. The summed E-state index contributed by atoms with van der Waals surface area (Å²) in [5, 5.41) is 6.61. The van der Waals surface area contributed by atoms with Crippen molar-refractivity contribution in [3.05, 3.63) is 24.3 Å². The normalized spacial score (nSPS) is 31.8. The molecule has 4 saturated carbocycles. The molecular weight excluding hydrogens is 386 g/mol. The van der Waals surface area contributed by atoms with Gasteiger partial charge in [0.05, 0.1) is 10.9 Å². The number of anilines is 1. The van der Waals surface area contributed by atoms with Crippen molar-refractivity contribution in [3.8, 4) is 0 Å². The van der Waals surface area contributed by atoms with Crippen LogP contribution in [0, 0.1) is 17.8 Å². The van der Waals surface area contributed by atoms with E-state index >= 15 is 0 Å². The fraction of sp³-hybridized carbons (Fsp3) is 0.682. The number of amides is 1. The van der Waals surface area contributed by atoms with Crippen LogP contribution in [0.25, 0.3) is 0 Å². The minimum absolute atomic E-state index is 0.0725. The molecule has 7 heteroatoms. The Morgan fingerprint density at radius 1 is 0.966 bits per heavy atom. The highest BCUT2D eigenvalue weighted by Gasteiger charge is 2.51. The topological polar surface area (TPSA) is 87.3 Å². The number of rotatable bonds is 7. The summed E-state index contributed by atoms with van der Waals surface area (Å²) in [6, 6.07) is 5.89. The molecule has 1 atom stereocenters. The zero-order valence-electron chi connectivity index (χ0n) is 17.6. The molecule has 0 aromatic heterocycles. The molecule has 0 saturated heterocycles. The highest BCUT2D eigenvalue weighted by molar-refractivity contribution is 7.89. The van der Waals surface area contributed by atoms with E-state index < -0.39 is 10.0 Å². The average molecular weight is 420 g/mol. The average Bonchev–Trinajstić information content (AvgIpc) is 2.59. The van der Waals surface area contributed by atoms with Crippen LogP contribution in [0.3, 0.4) is 0 Å². The second-order valence-electron chi connectivity index (χ2n) is 9.85. The van der Waals surface area contributed by atoms with Crippen LogP contribution >= 0.6 is 0 Å². The molecule has 0 unspecified atom stereocenters. The molecule has 4 bridgehead atoms. The van der Waals surface area contributed by atoms with Gasteiger partial charge in [-0.15, -0.1) is 0 Å². The van der Waals surface area contributed by atoms with E-state index in [9.17, 15) is 13.2 Å². The fourth-order valence-electron chi connectivity index (χ4n) is 6.16. The molecule has 0 spiro atoms. The van der Waals surface area contributed by atoms with Crippen LogP contribution in [0.1, 0.15) is 59.3 Å². The van der Waals surface area contributed by atoms with Crippen molar-refractivity contribution in [2.75, 3.05) is 5.32 Å². The molecule has 4 fully saturated rings. The van der Waals surface area contributed by atoms with Crippen LogP contribution in [-0.2, 0) is 14.8 Å². The molecule has 4 aliphatic rings. The van der Waals surface area contributed by atoms with Gasteiger partial charge < -0.3 is 10.6 Å². The summed E-state index contributed by atoms with van der Waals surface area (Å²) >= 11 is 0. The molecule has 0 aliphatic heterocycles. The zero-order chi connectivity index (χ0) is 20.8. The van der Waals surface area contributed by atoms with Gasteiger partial charge >= 0.3 is 0 Å². The molecule has 5 rings (SSSR count). The summed E-state index contributed by atoms with van der Waals surface area (Å²) in [7, 11) is -3.53. The predicted molar refractivity (Wildman–Crippen MR) is 114 cm³/mol. The predicted octanol–water partition coefficient (Wildman–Crippen LogP) is 3.26. The summed E-state index contributed by atoms with van der Waals surface area (Å²) in [4.78, 5) is 13.0. The summed E-state index contributed by atoms with van der Waals surface area (Å²) in [6.07, 6.45) is 7.73. The summed E-state index contributed by atoms with van der Waals surface area (Å²) in [5.41, 5.74) is 0.740. The van der Waals surface area contributed by atoms with E-state index in [4.69, 9.17) is 0 Å². The van der Waals surface area contributed by atoms with E-state index in [-0.39, 0.29) is 28.4 Å². The van der Waals surface area contributed by atoms with Crippen molar-refractivity contribution < 1.29 is 13.2 Å². The number of benzene rings is 1. The summed E-state index contributed by atoms with van der Waals surface area (Å²) in [6.45, 7) is 5.49. The Bertz CT molecular complexity index is 829. The molecule has 160 valence electrons. The van der Waals surface area contributed by atoms with Crippen LogP contribution in [0.4, 0.5) is 5.69 Å². The summed E-state index contributed by atoms with van der Waals surface area (Å²) < 4.78 is 27.0. The molecule has 3 N–H and O–H groups in total. The lowest BCUT2D eigenvalue weighted by molar-refractivity contribution is -0.119. The number of carbonyl (C=O) groups is 1. The van der Waals surface area contributed by atoms with Crippen molar-refractivity contribution in [3.63, 3.8) is 0 Å². The molecule has 1 aromatic rings. The Morgan fingerprint density at radius 3 is 1.97 bits per heavy atom. The monoisotopic (exact) mass is 419 g/mol. The van der Waals surface area contributed by atoms with E-state index in [1.54, 1.807) is 26.0 Å². The maximum absolute atomic E-state index is 12.8. The first kappa shape index (κ1) is 20.8. The van der Waals surface area contributed by atoms with Crippen LogP contribution < -0.4 is 15.4 Å². The van der Waals surface area contributed by atoms with Gasteiger partial charge in [-0.1, -0.05) is 0 Å². The third-order valence-corrected chi connectivity index (χ3v) is 8.45. The highest BCUT2D eigenvalue weighted by Crippen LogP contribution is 2.55. The van der Waals surface area contributed by atoms with Crippen molar-refractivity contribution in [1.82, 2.24) is 10.0 Å². The first-order valence-electron chi connectivity index (χ1n) is 10.9. The van der Waals surface area contributed by atoms with Gasteiger partial charge in [-0.2, -0.15) is 0 Å². The SMILES string of the molecule is CC(C)NS(=O)(=O)c1ccc(NC(=O)[C@@H](C)NC23CC4CC(CC(C4)C2)C3)cc1. The lowest BCUT2D eigenvalue weighted by Crippen LogP contribution is -2.62. The van der Waals surface area contributed by atoms with E-state index in [2.05, 4.69) is 15.4 Å². The number of hydrogen-bond acceptors (Lipinski definition) is 4. The van der Waals surface area contributed by atoms with Crippen LogP contribution in [0.2, 0.25) is 0 Å². The minimum atomic E-state index is -3.53. The fourth-order valence-corrected chi connectivity index (χ4v) is 7.41. The van der Waals surface area contributed by atoms with Gasteiger partial charge in [-0.25, -0.2) is 13.1 Å². The van der Waals surface area contributed by atoms with Gasteiger partial charge in [-0.3, -0.25) is 4.79 Å².